The van der Waals surface area contributed by atoms with Crippen LogP contribution in [0.4, 0.5) is 0 Å². The second-order valence-electron chi connectivity index (χ2n) is 5.97. The normalized spacial score (nSPS) is 22.4. The first kappa shape index (κ1) is 14.8. The third kappa shape index (κ3) is 3.37. The number of carbonyl (C=O) groups is 1. The number of aliphatic carboxylic acids is 1. The highest BCUT2D eigenvalue weighted by Gasteiger charge is 2.34. The minimum Gasteiger partial charge on any atom is -0.481 e. The van der Waals surface area contributed by atoms with E-state index in [0.717, 1.165) is 25.2 Å². The Balaban J connectivity index is 1.77. The van der Waals surface area contributed by atoms with Crippen LogP contribution in [-0.2, 0) is 11.3 Å². The standard InChI is InChI=1S/C19H21NO2/c21-19(22)17-11-12-20(13-15-7-3-1-4-8-15)14-18(17)16-9-5-2-6-10-16/h1-10,17-18H,11-14H2,(H,21,22)/t17-,18+/m0/s1. The van der Waals surface area contributed by atoms with Crippen molar-refractivity contribution < 1.29 is 9.90 Å². The lowest BCUT2D eigenvalue weighted by molar-refractivity contribution is -0.144. The molecule has 3 nitrogen and oxygen atoms in total. The lowest BCUT2D eigenvalue weighted by Gasteiger charge is -2.37. The average molecular weight is 295 g/mol. The molecule has 0 radical (unpaired) electrons. The maximum absolute atomic E-state index is 11.6. The minimum absolute atomic E-state index is 0.0659. The van der Waals surface area contributed by atoms with Crippen LogP contribution >= 0.6 is 0 Å². The van der Waals surface area contributed by atoms with Gasteiger partial charge in [-0.3, -0.25) is 9.69 Å². The summed E-state index contributed by atoms with van der Waals surface area (Å²) in [6.07, 6.45) is 0.710. The third-order valence-electron chi connectivity index (χ3n) is 4.49. The Morgan fingerprint density at radius 2 is 1.68 bits per heavy atom. The first-order valence-corrected chi connectivity index (χ1v) is 7.78. The minimum atomic E-state index is -0.673. The highest BCUT2D eigenvalue weighted by Crippen LogP contribution is 2.33. The average Bonchev–Trinajstić information content (AvgIpc) is 2.56. The molecule has 22 heavy (non-hydrogen) atoms. The van der Waals surface area contributed by atoms with Gasteiger partial charge in [0.1, 0.15) is 0 Å². The van der Waals surface area contributed by atoms with Gasteiger partial charge in [-0.25, -0.2) is 0 Å². The molecule has 2 aromatic rings. The van der Waals surface area contributed by atoms with Crippen LogP contribution in [0.2, 0.25) is 0 Å². The maximum Gasteiger partial charge on any atom is 0.307 e. The molecule has 1 heterocycles. The molecular formula is C19H21NO2. The summed E-state index contributed by atoms with van der Waals surface area (Å²) in [4.78, 5) is 14.0. The summed E-state index contributed by atoms with van der Waals surface area (Å²) in [6.45, 7) is 2.53. The van der Waals surface area contributed by atoms with Crippen molar-refractivity contribution in [2.24, 2.45) is 5.92 Å². The topological polar surface area (TPSA) is 40.5 Å². The predicted molar refractivity (Wildman–Crippen MR) is 86.6 cm³/mol. The van der Waals surface area contributed by atoms with E-state index in [1.165, 1.54) is 5.56 Å². The first-order valence-electron chi connectivity index (χ1n) is 7.78. The van der Waals surface area contributed by atoms with Crippen LogP contribution < -0.4 is 0 Å². The van der Waals surface area contributed by atoms with E-state index in [9.17, 15) is 9.90 Å². The Morgan fingerprint density at radius 3 is 2.32 bits per heavy atom. The maximum atomic E-state index is 11.6. The third-order valence-corrected chi connectivity index (χ3v) is 4.49. The largest absolute Gasteiger partial charge is 0.481 e. The number of carboxylic acids is 1. The zero-order valence-electron chi connectivity index (χ0n) is 12.6. The van der Waals surface area contributed by atoms with Gasteiger partial charge in [0.15, 0.2) is 0 Å². The summed E-state index contributed by atoms with van der Waals surface area (Å²) in [5.74, 6) is -0.890. The number of benzene rings is 2. The quantitative estimate of drug-likeness (QED) is 0.940. The van der Waals surface area contributed by atoms with E-state index in [1.54, 1.807) is 0 Å². The van der Waals surface area contributed by atoms with Crippen molar-refractivity contribution >= 4 is 5.97 Å². The summed E-state index contributed by atoms with van der Waals surface area (Å²) in [5.41, 5.74) is 2.41. The molecule has 0 aliphatic carbocycles. The van der Waals surface area contributed by atoms with Gasteiger partial charge < -0.3 is 5.11 Å². The van der Waals surface area contributed by atoms with Gasteiger partial charge >= 0.3 is 5.97 Å². The molecule has 0 unspecified atom stereocenters. The second-order valence-corrected chi connectivity index (χ2v) is 5.97. The number of hydrogen-bond acceptors (Lipinski definition) is 2. The number of piperidine rings is 1. The Hall–Kier alpha value is -2.13. The van der Waals surface area contributed by atoms with E-state index in [1.807, 2.05) is 48.5 Å². The highest BCUT2D eigenvalue weighted by molar-refractivity contribution is 5.71. The van der Waals surface area contributed by atoms with Crippen LogP contribution in [-0.4, -0.2) is 29.1 Å². The van der Waals surface area contributed by atoms with Crippen molar-refractivity contribution in [1.82, 2.24) is 4.90 Å². The van der Waals surface area contributed by atoms with Gasteiger partial charge in [0, 0.05) is 19.0 Å². The molecule has 114 valence electrons. The monoisotopic (exact) mass is 295 g/mol. The summed E-state index contributed by atoms with van der Waals surface area (Å²) in [5, 5.41) is 9.53. The molecule has 0 aromatic heterocycles. The van der Waals surface area contributed by atoms with Gasteiger partial charge in [-0.2, -0.15) is 0 Å². The smallest absolute Gasteiger partial charge is 0.307 e. The fourth-order valence-corrected chi connectivity index (χ4v) is 3.34. The predicted octanol–water partition coefficient (Wildman–Crippen LogP) is 3.38. The fourth-order valence-electron chi connectivity index (χ4n) is 3.34. The molecule has 1 aliphatic rings. The molecule has 0 amide bonds. The number of rotatable bonds is 4. The molecule has 3 heteroatoms. The molecular weight excluding hydrogens is 274 g/mol. The molecule has 1 fully saturated rings. The zero-order chi connectivity index (χ0) is 15.4. The number of nitrogens with zero attached hydrogens (tertiary/aromatic N) is 1. The summed E-state index contributed by atoms with van der Waals surface area (Å²) < 4.78 is 0. The molecule has 1 saturated heterocycles. The highest BCUT2D eigenvalue weighted by atomic mass is 16.4. The zero-order valence-corrected chi connectivity index (χ0v) is 12.6. The van der Waals surface area contributed by atoms with Crippen LogP contribution in [0.25, 0.3) is 0 Å². The lowest BCUT2D eigenvalue weighted by atomic mass is 9.80. The second kappa shape index (κ2) is 6.75. The van der Waals surface area contributed by atoms with Gasteiger partial charge in [-0.1, -0.05) is 60.7 Å². The Bertz CT molecular complexity index is 612. The van der Waals surface area contributed by atoms with Crippen molar-refractivity contribution in [3.63, 3.8) is 0 Å². The first-order chi connectivity index (χ1) is 10.7. The van der Waals surface area contributed by atoms with E-state index < -0.39 is 5.97 Å². The molecule has 2 atom stereocenters. The molecule has 0 saturated carbocycles. The van der Waals surface area contributed by atoms with E-state index in [0.29, 0.717) is 6.42 Å². The van der Waals surface area contributed by atoms with Crippen molar-refractivity contribution in [1.29, 1.82) is 0 Å². The van der Waals surface area contributed by atoms with Crippen LogP contribution in [0.5, 0.6) is 0 Å². The van der Waals surface area contributed by atoms with Crippen LogP contribution in [0.1, 0.15) is 23.5 Å². The molecule has 0 spiro atoms. The SMILES string of the molecule is O=C(O)[C@H]1CCN(Cc2ccccc2)C[C@@H]1c1ccccc1. The van der Waals surface area contributed by atoms with Crippen LogP contribution in [0.3, 0.4) is 0 Å². The molecule has 1 N–H and O–H groups in total. The molecule has 3 rings (SSSR count). The van der Waals surface area contributed by atoms with Crippen molar-refractivity contribution in [2.45, 2.75) is 18.9 Å². The van der Waals surface area contributed by atoms with Crippen molar-refractivity contribution in [3.8, 4) is 0 Å². The van der Waals surface area contributed by atoms with Gasteiger partial charge in [-0.05, 0) is 24.1 Å². The number of likely N-dealkylation sites (tertiary alicyclic amines) is 1. The van der Waals surface area contributed by atoms with E-state index in [4.69, 9.17) is 0 Å². The van der Waals surface area contributed by atoms with E-state index in [2.05, 4.69) is 17.0 Å². The molecule has 0 bridgehead atoms. The van der Waals surface area contributed by atoms with Crippen LogP contribution in [0.15, 0.2) is 60.7 Å². The van der Waals surface area contributed by atoms with E-state index in [-0.39, 0.29) is 11.8 Å². The Labute approximate surface area is 131 Å². The lowest BCUT2D eigenvalue weighted by Crippen LogP contribution is -2.41. The summed E-state index contributed by atoms with van der Waals surface area (Å²) >= 11 is 0. The Kier molecular flexibility index (Phi) is 4.54. The van der Waals surface area contributed by atoms with Crippen LogP contribution in [0, 0.1) is 5.92 Å². The van der Waals surface area contributed by atoms with Gasteiger partial charge in [0.25, 0.3) is 0 Å². The van der Waals surface area contributed by atoms with Crippen molar-refractivity contribution in [2.75, 3.05) is 13.1 Å². The fraction of sp³-hybridized carbons (Fsp3) is 0.316. The number of carboxylic acid groups (broad SMARTS) is 1. The van der Waals surface area contributed by atoms with Gasteiger partial charge in [0.05, 0.1) is 5.92 Å². The molecule has 2 aromatic carbocycles. The summed E-state index contributed by atoms with van der Waals surface area (Å²) in [6, 6.07) is 20.4. The Morgan fingerprint density at radius 1 is 1.05 bits per heavy atom. The van der Waals surface area contributed by atoms with Crippen molar-refractivity contribution in [3.05, 3.63) is 71.8 Å². The summed E-state index contributed by atoms with van der Waals surface area (Å²) in [7, 11) is 0. The van der Waals surface area contributed by atoms with Gasteiger partial charge in [0.2, 0.25) is 0 Å². The number of hydrogen-bond donors (Lipinski definition) is 1. The van der Waals surface area contributed by atoms with Gasteiger partial charge in [-0.15, -0.1) is 0 Å². The molecule has 1 aliphatic heterocycles. The van der Waals surface area contributed by atoms with E-state index >= 15 is 0 Å².